The van der Waals surface area contributed by atoms with Crippen molar-refractivity contribution in [3.05, 3.63) is 0 Å². The minimum Gasteiger partial charge on any atom is -0.463 e. The second kappa shape index (κ2) is 9.48. The van der Waals surface area contributed by atoms with E-state index >= 15 is 0 Å². The fraction of sp³-hybridized carbons (Fsp3) is 0.882. The normalized spacial score (nSPS) is 25.7. The Morgan fingerprint density at radius 2 is 1.88 bits per heavy atom. The Labute approximate surface area is 153 Å². The van der Waals surface area contributed by atoms with Crippen LogP contribution in [0.5, 0.6) is 0 Å². The molecule has 26 heavy (non-hydrogen) atoms. The van der Waals surface area contributed by atoms with Crippen LogP contribution in [0.2, 0.25) is 0 Å². The highest BCUT2D eigenvalue weighted by atomic mass is 19.1. The number of halogens is 1. The van der Waals surface area contributed by atoms with Crippen LogP contribution in [0.25, 0.3) is 0 Å². The number of carbonyl (C=O) groups is 2. The fourth-order valence-corrected chi connectivity index (χ4v) is 2.64. The Morgan fingerprint density at radius 1 is 1.27 bits per heavy atom. The molecule has 0 aliphatic carbocycles. The molecule has 1 amide bonds. The molecule has 0 aromatic rings. The molecule has 0 aromatic heterocycles. The largest absolute Gasteiger partial charge is 0.463 e. The van der Waals surface area contributed by atoms with E-state index in [-0.39, 0.29) is 31.9 Å². The number of alkyl halides is 1. The number of likely N-dealkylation sites (tertiary alicyclic amines) is 1. The SMILES string of the molecule is CC(C)OC(=O)C[C@@H](CN1[C@@H](O)CC[C@H](F)[C@@H]1O)NC(=O)OC(C)(C)C. The van der Waals surface area contributed by atoms with E-state index in [9.17, 15) is 24.2 Å². The molecule has 0 bridgehead atoms. The minimum absolute atomic E-state index is 0.0401. The third-order valence-electron chi connectivity index (χ3n) is 3.68. The summed E-state index contributed by atoms with van der Waals surface area (Å²) in [7, 11) is 0. The van der Waals surface area contributed by atoms with Gasteiger partial charge in [-0.2, -0.15) is 0 Å². The molecule has 8 nitrogen and oxygen atoms in total. The molecule has 0 unspecified atom stereocenters. The predicted octanol–water partition coefficient (Wildman–Crippen LogP) is 1.29. The van der Waals surface area contributed by atoms with E-state index in [4.69, 9.17) is 9.47 Å². The van der Waals surface area contributed by atoms with Gasteiger partial charge < -0.3 is 25.0 Å². The molecule has 1 heterocycles. The van der Waals surface area contributed by atoms with Gasteiger partial charge in [-0.25, -0.2) is 14.1 Å². The molecule has 1 aliphatic rings. The zero-order chi connectivity index (χ0) is 20.1. The van der Waals surface area contributed by atoms with E-state index in [0.29, 0.717) is 0 Å². The molecule has 9 heteroatoms. The Bertz CT molecular complexity index is 482. The van der Waals surface area contributed by atoms with Crippen LogP contribution in [0.15, 0.2) is 0 Å². The summed E-state index contributed by atoms with van der Waals surface area (Å²) in [6, 6.07) is -0.828. The van der Waals surface area contributed by atoms with Crippen LogP contribution < -0.4 is 5.32 Å². The number of esters is 1. The lowest BCUT2D eigenvalue weighted by Crippen LogP contribution is -2.57. The highest BCUT2D eigenvalue weighted by Gasteiger charge is 2.37. The first-order chi connectivity index (χ1) is 11.9. The Hall–Kier alpha value is -1.45. The summed E-state index contributed by atoms with van der Waals surface area (Å²) in [6.07, 6.45) is -5.19. The number of aliphatic hydroxyl groups is 2. The third-order valence-corrected chi connectivity index (χ3v) is 3.68. The van der Waals surface area contributed by atoms with Gasteiger partial charge in [0.1, 0.15) is 24.2 Å². The van der Waals surface area contributed by atoms with Gasteiger partial charge >= 0.3 is 12.1 Å². The summed E-state index contributed by atoms with van der Waals surface area (Å²) in [5.41, 5.74) is -0.735. The number of carbonyl (C=O) groups excluding carboxylic acids is 2. The van der Waals surface area contributed by atoms with Gasteiger partial charge in [-0.1, -0.05) is 0 Å². The highest BCUT2D eigenvalue weighted by molar-refractivity contribution is 5.73. The van der Waals surface area contributed by atoms with Crippen molar-refractivity contribution in [2.24, 2.45) is 0 Å². The third kappa shape index (κ3) is 7.84. The van der Waals surface area contributed by atoms with E-state index in [1.807, 2.05) is 0 Å². The molecule has 1 rings (SSSR count). The number of hydrogen-bond acceptors (Lipinski definition) is 7. The Balaban J connectivity index is 2.81. The summed E-state index contributed by atoms with van der Waals surface area (Å²) >= 11 is 0. The van der Waals surface area contributed by atoms with E-state index < -0.39 is 42.3 Å². The lowest BCUT2D eigenvalue weighted by atomic mass is 10.0. The average molecular weight is 378 g/mol. The van der Waals surface area contributed by atoms with Crippen molar-refractivity contribution in [2.45, 2.75) is 90.3 Å². The molecular formula is C17H31FN2O6. The van der Waals surface area contributed by atoms with Gasteiger partial charge in [0.15, 0.2) is 0 Å². The van der Waals surface area contributed by atoms with Crippen LogP contribution in [0.1, 0.15) is 53.9 Å². The van der Waals surface area contributed by atoms with E-state index in [2.05, 4.69) is 5.32 Å². The van der Waals surface area contributed by atoms with Crippen LogP contribution in [-0.2, 0) is 14.3 Å². The van der Waals surface area contributed by atoms with Gasteiger partial charge in [0.05, 0.1) is 18.6 Å². The number of ether oxygens (including phenoxy) is 2. The zero-order valence-electron chi connectivity index (χ0n) is 16.1. The minimum atomic E-state index is -1.51. The van der Waals surface area contributed by atoms with Crippen molar-refractivity contribution < 1.29 is 33.7 Å². The summed E-state index contributed by atoms with van der Waals surface area (Å²) < 4.78 is 24.0. The topological polar surface area (TPSA) is 108 Å². The molecule has 0 spiro atoms. The standard InChI is InChI=1S/C17H31FN2O6/c1-10(2)25-14(22)8-11(19-16(24)26-17(3,4)5)9-20-13(21)7-6-12(18)15(20)23/h10-13,15,21,23H,6-9H2,1-5H3,(H,19,24)/t11-,12-,13-,15-/m0/s1. The van der Waals surface area contributed by atoms with Crippen molar-refractivity contribution in [3.8, 4) is 0 Å². The smallest absolute Gasteiger partial charge is 0.407 e. The van der Waals surface area contributed by atoms with Crippen molar-refractivity contribution in [2.75, 3.05) is 6.54 Å². The van der Waals surface area contributed by atoms with E-state index in [1.165, 1.54) is 0 Å². The van der Waals surface area contributed by atoms with Crippen molar-refractivity contribution in [1.29, 1.82) is 0 Å². The number of alkyl carbamates (subject to hydrolysis) is 1. The van der Waals surface area contributed by atoms with Gasteiger partial charge in [0, 0.05) is 6.54 Å². The summed E-state index contributed by atoms with van der Waals surface area (Å²) in [6.45, 7) is 8.34. The first kappa shape index (κ1) is 22.6. The molecular weight excluding hydrogens is 347 g/mol. The lowest BCUT2D eigenvalue weighted by Gasteiger charge is -2.40. The van der Waals surface area contributed by atoms with Gasteiger partial charge in [-0.05, 0) is 47.5 Å². The fourth-order valence-electron chi connectivity index (χ4n) is 2.64. The summed E-state index contributed by atoms with van der Waals surface area (Å²) in [4.78, 5) is 25.1. The average Bonchev–Trinajstić information content (AvgIpc) is 2.44. The van der Waals surface area contributed by atoms with Crippen LogP contribution in [0, 0.1) is 0 Å². The number of rotatable bonds is 6. The molecule has 4 atom stereocenters. The van der Waals surface area contributed by atoms with E-state index in [1.54, 1.807) is 34.6 Å². The van der Waals surface area contributed by atoms with Gasteiger partial charge in [-0.3, -0.25) is 4.79 Å². The maximum Gasteiger partial charge on any atom is 0.407 e. The number of nitrogens with zero attached hydrogens (tertiary/aromatic N) is 1. The first-order valence-electron chi connectivity index (χ1n) is 8.84. The van der Waals surface area contributed by atoms with Crippen LogP contribution in [0.3, 0.4) is 0 Å². The monoisotopic (exact) mass is 378 g/mol. The maximum atomic E-state index is 13.8. The van der Waals surface area contributed by atoms with Crippen LogP contribution >= 0.6 is 0 Å². The van der Waals surface area contributed by atoms with Gasteiger partial charge in [0.25, 0.3) is 0 Å². The summed E-state index contributed by atoms with van der Waals surface area (Å²) in [5.74, 6) is -0.557. The second-order valence-corrected chi connectivity index (χ2v) is 7.77. The number of amides is 1. The maximum absolute atomic E-state index is 13.8. The molecule has 1 aliphatic heterocycles. The molecule has 0 saturated carbocycles. The van der Waals surface area contributed by atoms with Crippen molar-refractivity contribution >= 4 is 12.1 Å². The molecule has 3 N–H and O–H groups in total. The Kier molecular flexibility index (Phi) is 8.23. The lowest BCUT2D eigenvalue weighted by molar-refractivity contribution is -0.166. The van der Waals surface area contributed by atoms with E-state index in [0.717, 1.165) is 4.90 Å². The Morgan fingerprint density at radius 3 is 2.42 bits per heavy atom. The number of piperidine rings is 1. The van der Waals surface area contributed by atoms with Gasteiger partial charge in [0.2, 0.25) is 0 Å². The first-order valence-corrected chi connectivity index (χ1v) is 8.84. The van der Waals surface area contributed by atoms with Crippen LogP contribution in [-0.4, -0.2) is 70.1 Å². The van der Waals surface area contributed by atoms with Crippen molar-refractivity contribution in [1.82, 2.24) is 10.2 Å². The quantitative estimate of drug-likeness (QED) is 0.598. The molecule has 1 saturated heterocycles. The van der Waals surface area contributed by atoms with Gasteiger partial charge in [-0.15, -0.1) is 0 Å². The van der Waals surface area contributed by atoms with Crippen molar-refractivity contribution in [3.63, 3.8) is 0 Å². The van der Waals surface area contributed by atoms with Crippen LogP contribution in [0.4, 0.5) is 9.18 Å². The molecule has 152 valence electrons. The number of hydrogen-bond donors (Lipinski definition) is 3. The zero-order valence-corrected chi connectivity index (χ0v) is 16.1. The molecule has 0 radical (unpaired) electrons. The predicted molar refractivity (Wildman–Crippen MR) is 91.9 cm³/mol. The molecule has 0 aromatic carbocycles. The second-order valence-electron chi connectivity index (χ2n) is 7.77. The summed E-state index contributed by atoms with van der Waals surface area (Å²) in [5, 5.41) is 22.6. The number of nitrogens with one attached hydrogen (secondary N) is 1. The number of aliphatic hydroxyl groups excluding tert-OH is 2. The highest BCUT2D eigenvalue weighted by Crippen LogP contribution is 2.23. The molecule has 1 fully saturated rings.